The zero-order valence-electron chi connectivity index (χ0n) is 11.2. The molecule has 0 fully saturated rings. The van der Waals surface area contributed by atoms with Gasteiger partial charge in [-0.15, -0.1) is 0 Å². The number of nitrogen functional groups attached to an aromatic ring is 1. The minimum Gasteiger partial charge on any atom is -0.399 e. The van der Waals surface area contributed by atoms with E-state index in [1.165, 1.54) is 0 Å². The van der Waals surface area contributed by atoms with Crippen LogP contribution in [0.25, 0.3) is 0 Å². The van der Waals surface area contributed by atoms with Gasteiger partial charge in [0.25, 0.3) is 5.91 Å². The molecular formula is C16H15N3O. The molecule has 0 bridgehead atoms. The van der Waals surface area contributed by atoms with E-state index in [4.69, 9.17) is 11.0 Å². The molecule has 0 aliphatic heterocycles. The predicted octanol–water partition coefficient (Wildman–Crippen LogP) is 2.96. The summed E-state index contributed by atoms with van der Waals surface area (Å²) >= 11 is 0. The molecule has 4 nitrogen and oxygen atoms in total. The minimum absolute atomic E-state index is 0.219. The Labute approximate surface area is 117 Å². The third-order valence-corrected chi connectivity index (χ3v) is 3.06. The largest absolute Gasteiger partial charge is 0.399 e. The molecule has 1 amide bonds. The van der Waals surface area contributed by atoms with Crippen molar-refractivity contribution in [1.29, 1.82) is 5.26 Å². The van der Waals surface area contributed by atoms with Crippen LogP contribution in [-0.2, 0) is 6.42 Å². The van der Waals surface area contributed by atoms with E-state index >= 15 is 0 Å². The number of nitrogens with zero attached hydrogens (tertiary/aromatic N) is 1. The SMILES string of the molecule is CCc1ccccc1C(=O)Nc1ccc(N)cc1C#N. The summed E-state index contributed by atoms with van der Waals surface area (Å²) in [6.07, 6.45) is 0.774. The van der Waals surface area contributed by atoms with Crippen molar-refractivity contribution < 1.29 is 4.79 Å². The first-order chi connectivity index (χ1) is 9.65. The lowest BCUT2D eigenvalue weighted by atomic mass is 10.0. The van der Waals surface area contributed by atoms with Crippen LogP contribution in [0.1, 0.15) is 28.4 Å². The molecule has 0 aliphatic carbocycles. The summed E-state index contributed by atoms with van der Waals surface area (Å²) in [5, 5.41) is 11.8. The summed E-state index contributed by atoms with van der Waals surface area (Å²) in [5.41, 5.74) is 8.54. The van der Waals surface area contributed by atoms with E-state index in [1.807, 2.05) is 31.2 Å². The summed E-state index contributed by atoms with van der Waals surface area (Å²) in [4.78, 5) is 12.3. The van der Waals surface area contributed by atoms with Gasteiger partial charge in [0.1, 0.15) is 6.07 Å². The number of hydrogen-bond donors (Lipinski definition) is 2. The number of nitriles is 1. The molecule has 0 radical (unpaired) electrons. The Hall–Kier alpha value is -2.80. The summed E-state index contributed by atoms with van der Waals surface area (Å²) < 4.78 is 0. The monoisotopic (exact) mass is 265 g/mol. The highest BCUT2D eigenvalue weighted by atomic mass is 16.1. The number of aryl methyl sites for hydroxylation is 1. The van der Waals surface area contributed by atoms with Gasteiger partial charge < -0.3 is 11.1 Å². The molecular weight excluding hydrogens is 250 g/mol. The quantitative estimate of drug-likeness (QED) is 0.837. The Morgan fingerprint density at radius 2 is 2.05 bits per heavy atom. The van der Waals surface area contributed by atoms with Gasteiger partial charge in [-0.05, 0) is 36.2 Å². The molecule has 0 unspecified atom stereocenters. The minimum atomic E-state index is -0.219. The molecule has 0 spiro atoms. The van der Waals surface area contributed by atoms with Crippen LogP contribution < -0.4 is 11.1 Å². The maximum atomic E-state index is 12.3. The highest BCUT2D eigenvalue weighted by Crippen LogP contribution is 2.19. The fourth-order valence-corrected chi connectivity index (χ4v) is 2.00. The number of benzene rings is 2. The smallest absolute Gasteiger partial charge is 0.255 e. The van der Waals surface area contributed by atoms with Crippen LogP contribution in [0.15, 0.2) is 42.5 Å². The first kappa shape index (κ1) is 13.6. The Morgan fingerprint density at radius 1 is 1.30 bits per heavy atom. The van der Waals surface area contributed by atoms with Crippen molar-refractivity contribution in [2.24, 2.45) is 0 Å². The van der Waals surface area contributed by atoms with Gasteiger partial charge in [-0.3, -0.25) is 4.79 Å². The van der Waals surface area contributed by atoms with Crippen LogP contribution in [0.3, 0.4) is 0 Å². The standard InChI is InChI=1S/C16H15N3O/c1-2-11-5-3-4-6-14(11)16(20)19-15-8-7-13(18)9-12(15)10-17/h3-9H,2,18H2,1H3,(H,19,20). The Balaban J connectivity index is 2.31. The number of anilines is 2. The van der Waals surface area contributed by atoms with E-state index < -0.39 is 0 Å². The molecule has 0 aromatic heterocycles. The van der Waals surface area contributed by atoms with Crippen LogP contribution in [0.4, 0.5) is 11.4 Å². The second kappa shape index (κ2) is 5.89. The van der Waals surface area contributed by atoms with E-state index in [1.54, 1.807) is 24.3 Å². The maximum Gasteiger partial charge on any atom is 0.255 e. The second-order valence-corrected chi connectivity index (χ2v) is 4.38. The highest BCUT2D eigenvalue weighted by Gasteiger charge is 2.12. The van der Waals surface area contributed by atoms with Crippen molar-refractivity contribution in [3.63, 3.8) is 0 Å². The number of hydrogen-bond acceptors (Lipinski definition) is 3. The van der Waals surface area contributed by atoms with E-state index in [2.05, 4.69) is 5.32 Å². The number of amides is 1. The average molecular weight is 265 g/mol. The summed E-state index contributed by atoms with van der Waals surface area (Å²) in [7, 11) is 0. The summed E-state index contributed by atoms with van der Waals surface area (Å²) in [5.74, 6) is -0.219. The number of nitrogens with two attached hydrogens (primary N) is 1. The molecule has 0 saturated carbocycles. The first-order valence-electron chi connectivity index (χ1n) is 6.34. The molecule has 4 heteroatoms. The summed E-state index contributed by atoms with van der Waals surface area (Å²) in [6.45, 7) is 2.00. The Morgan fingerprint density at radius 3 is 2.75 bits per heavy atom. The number of rotatable bonds is 3. The molecule has 0 aliphatic rings. The lowest BCUT2D eigenvalue weighted by Gasteiger charge is -2.10. The molecule has 2 aromatic carbocycles. The molecule has 100 valence electrons. The van der Waals surface area contributed by atoms with Crippen LogP contribution in [-0.4, -0.2) is 5.91 Å². The van der Waals surface area contributed by atoms with Gasteiger partial charge in [0.2, 0.25) is 0 Å². The van der Waals surface area contributed by atoms with Crippen molar-refractivity contribution in [2.45, 2.75) is 13.3 Å². The third kappa shape index (κ3) is 2.78. The normalized spacial score (nSPS) is 9.80. The van der Waals surface area contributed by atoms with Gasteiger partial charge in [-0.25, -0.2) is 0 Å². The van der Waals surface area contributed by atoms with Gasteiger partial charge in [0.15, 0.2) is 0 Å². The topological polar surface area (TPSA) is 78.9 Å². The Bertz CT molecular complexity index is 686. The maximum absolute atomic E-state index is 12.3. The van der Waals surface area contributed by atoms with Crippen molar-refractivity contribution in [2.75, 3.05) is 11.1 Å². The van der Waals surface area contributed by atoms with Gasteiger partial charge >= 0.3 is 0 Å². The number of carbonyl (C=O) groups excluding carboxylic acids is 1. The predicted molar refractivity (Wildman–Crippen MR) is 79.3 cm³/mol. The average Bonchev–Trinajstić information content (AvgIpc) is 2.48. The molecule has 3 N–H and O–H groups in total. The fourth-order valence-electron chi connectivity index (χ4n) is 2.00. The van der Waals surface area contributed by atoms with E-state index in [9.17, 15) is 4.79 Å². The molecule has 0 heterocycles. The van der Waals surface area contributed by atoms with Crippen LogP contribution in [0.5, 0.6) is 0 Å². The van der Waals surface area contributed by atoms with Crippen molar-refractivity contribution >= 4 is 17.3 Å². The molecule has 0 atom stereocenters. The zero-order chi connectivity index (χ0) is 14.5. The molecule has 20 heavy (non-hydrogen) atoms. The van der Waals surface area contributed by atoms with Crippen molar-refractivity contribution in [3.05, 3.63) is 59.2 Å². The zero-order valence-corrected chi connectivity index (χ0v) is 11.2. The van der Waals surface area contributed by atoms with Gasteiger partial charge in [0.05, 0.1) is 11.3 Å². The number of carbonyl (C=O) groups is 1. The van der Waals surface area contributed by atoms with E-state index in [0.29, 0.717) is 22.5 Å². The lowest BCUT2D eigenvalue weighted by Crippen LogP contribution is -2.15. The van der Waals surface area contributed by atoms with Crippen LogP contribution >= 0.6 is 0 Å². The van der Waals surface area contributed by atoms with Crippen molar-refractivity contribution in [1.82, 2.24) is 0 Å². The van der Waals surface area contributed by atoms with E-state index in [-0.39, 0.29) is 5.91 Å². The Kier molecular flexibility index (Phi) is 4.02. The van der Waals surface area contributed by atoms with Gasteiger partial charge in [0, 0.05) is 11.3 Å². The lowest BCUT2D eigenvalue weighted by molar-refractivity contribution is 0.102. The molecule has 2 aromatic rings. The van der Waals surface area contributed by atoms with Crippen LogP contribution in [0.2, 0.25) is 0 Å². The van der Waals surface area contributed by atoms with E-state index in [0.717, 1.165) is 12.0 Å². The van der Waals surface area contributed by atoms with Crippen LogP contribution in [0, 0.1) is 11.3 Å². The fraction of sp³-hybridized carbons (Fsp3) is 0.125. The highest BCUT2D eigenvalue weighted by molar-refractivity contribution is 6.06. The second-order valence-electron chi connectivity index (χ2n) is 4.38. The molecule has 0 saturated heterocycles. The third-order valence-electron chi connectivity index (χ3n) is 3.06. The summed E-state index contributed by atoms with van der Waals surface area (Å²) in [6, 6.07) is 14.3. The van der Waals surface area contributed by atoms with Gasteiger partial charge in [-0.1, -0.05) is 25.1 Å². The van der Waals surface area contributed by atoms with Crippen molar-refractivity contribution in [3.8, 4) is 6.07 Å². The first-order valence-corrected chi connectivity index (χ1v) is 6.34. The molecule has 2 rings (SSSR count). The number of nitrogens with one attached hydrogen (secondary N) is 1. The van der Waals surface area contributed by atoms with Gasteiger partial charge in [-0.2, -0.15) is 5.26 Å².